The van der Waals surface area contributed by atoms with E-state index in [1.54, 1.807) is 23.5 Å². The predicted octanol–water partition coefficient (Wildman–Crippen LogP) is 4.23. The highest BCUT2D eigenvalue weighted by Crippen LogP contribution is 2.31. The lowest BCUT2D eigenvalue weighted by Crippen LogP contribution is -2.30. The molecular formula is C20H22N4O2S2. The van der Waals surface area contributed by atoms with Crippen molar-refractivity contribution in [2.45, 2.75) is 19.3 Å². The minimum atomic E-state index is -3.31. The average molecular weight is 415 g/mol. The van der Waals surface area contributed by atoms with E-state index in [4.69, 9.17) is 4.98 Å². The van der Waals surface area contributed by atoms with Crippen LogP contribution in [-0.4, -0.2) is 37.7 Å². The van der Waals surface area contributed by atoms with E-state index in [-0.39, 0.29) is 0 Å². The summed E-state index contributed by atoms with van der Waals surface area (Å²) in [6.07, 6.45) is 6.70. The lowest BCUT2D eigenvalue weighted by Gasteiger charge is -2.27. The van der Waals surface area contributed by atoms with Gasteiger partial charge in [-0.2, -0.15) is 0 Å². The highest BCUT2D eigenvalue weighted by Gasteiger charge is 2.14. The Hall–Kier alpha value is -2.45. The predicted molar refractivity (Wildman–Crippen MR) is 115 cm³/mol. The third kappa shape index (κ3) is 4.51. The average Bonchev–Trinajstić information content (AvgIpc) is 3.18. The number of nitrogens with one attached hydrogen (secondary N) is 1. The van der Waals surface area contributed by atoms with Gasteiger partial charge in [-0.25, -0.2) is 18.4 Å². The fourth-order valence-corrected chi connectivity index (χ4v) is 4.72. The summed E-state index contributed by atoms with van der Waals surface area (Å²) < 4.78 is 25.4. The number of hydrogen-bond acceptors (Lipinski definition) is 6. The number of aromatic nitrogens is 2. The highest BCUT2D eigenvalue weighted by molar-refractivity contribution is 7.92. The molecule has 0 radical (unpaired) electrons. The van der Waals surface area contributed by atoms with Crippen LogP contribution in [0.5, 0.6) is 0 Å². The number of nitrogens with zero attached hydrogens (tertiary/aromatic N) is 3. The van der Waals surface area contributed by atoms with Crippen molar-refractivity contribution in [3.05, 3.63) is 48.0 Å². The van der Waals surface area contributed by atoms with Gasteiger partial charge in [-0.1, -0.05) is 12.1 Å². The molecule has 0 unspecified atom stereocenters. The lowest BCUT2D eigenvalue weighted by atomic mass is 10.1. The third-order valence-electron chi connectivity index (χ3n) is 4.64. The molecule has 6 nitrogen and oxygen atoms in total. The second kappa shape index (κ2) is 7.89. The third-order valence-corrected chi connectivity index (χ3v) is 6.14. The molecule has 1 aliphatic heterocycles. The number of hydrogen-bond donors (Lipinski definition) is 1. The molecule has 0 atom stereocenters. The maximum Gasteiger partial charge on any atom is 0.229 e. The Morgan fingerprint density at radius 1 is 1.07 bits per heavy atom. The summed E-state index contributed by atoms with van der Waals surface area (Å²) in [7, 11) is -3.31. The zero-order valence-electron chi connectivity index (χ0n) is 15.6. The summed E-state index contributed by atoms with van der Waals surface area (Å²) in [5.41, 5.74) is 3.29. The van der Waals surface area contributed by atoms with Gasteiger partial charge in [0.15, 0.2) is 0 Å². The van der Waals surface area contributed by atoms with Crippen molar-refractivity contribution in [2.75, 3.05) is 29.0 Å². The van der Waals surface area contributed by atoms with Crippen LogP contribution in [0, 0.1) is 0 Å². The number of rotatable bonds is 5. The maximum absolute atomic E-state index is 11.5. The molecule has 0 saturated carbocycles. The number of sulfonamides is 1. The van der Waals surface area contributed by atoms with Gasteiger partial charge < -0.3 is 4.90 Å². The van der Waals surface area contributed by atoms with E-state index in [2.05, 4.69) is 20.7 Å². The first-order valence-corrected chi connectivity index (χ1v) is 12.0. The molecule has 1 fully saturated rings. The minimum absolute atomic E-state index is 0.533. The molecule has 28 heavy (non-hydrogen) atoms. The van der Waals surface area contributed by atoms with E-state index < -0.39 is 10.0 Å². The Labute approximate surface area is 169 Å². The SMILES string of the molecule is CS(=O)(=O)Nc1cccc(-c2csc(-c3ccnc(N4CCCCC4)c3)n2)c1. The van der Waals surface area contributed by atoms with Crippen molar-refractivity contribution in [3.8, 4) is 21.8 Å². The largest absolute Gasteiger partial charge is 0.357 e. The Bertz CT molecular complexity index is 1070. The van der Waals surface area contributed by atoms with Crippen molar-refractivity contribution in [2.24, 2.45) is 0 Å². The summed E-state index contributed by atoms with van der Waals surface area (Å²) in [5, 5.41) is 2.92. The van der Waals surface area contributed by atoms with Gasteiger partial charge in [-0.05, 0) is 43.5 Å². The van der Waals surface area contributed by atoms with Gasteiger partial charge in [0.2, 0.25) is 10.0 Å². The van der Waals surface area contributed by atoms with Gasteiger partial charge in [-0.3, -0.25) is 4.72 Å². The highest BCUT2D eigenvalue weighted by atomic mass is 32.2. The molecule has 1 aromatic carbocycles. The Morgan fingerprint density at radius 3 is 2.68 bits per heavy atom. The fourth-order valence-electron chi connectivity index (χ4n) is 3.34. The van der Waals surface area contributed by atoms with Crippen LogP contribution in [-0.2, 0) is 10.0 Å². The van der Waals surface area contributed by atoms with Gasteiger partial charge in [0, 0.05) is 41.5 Å². The molecule has 4 rings (SSSR count). The molecule has 1 saturated heterocycles. The first kappa shape index (κ1) is 18.9. The topological polar surface area (TPSA) is 75.2 Å². The van der Waals surface area contributed by atoms with Crippen molar-refractivity contribution in [3.63, 3.8) is 0 Å². The Balaban J connectivity index is 1.59. The molecule has 0 aliphatic carbocycles. The molecule has 0 amide bonds. The minimum Gasteiger partial charge on any atom is -0.357 e. The van der Waals surface area contributed by atoms with Crippen LogP contribution in [0.15, 0.2) is 48.0 Å². The van der Waals surface area contributed by atoms with E-state index in [9.17, 15) is 8.42 Å². The van der Waals surface area contributed by atoms with Crippen LogP contribution in [0.4, 0.5) is 11.5 Å². The van der Waals surface area contributed by atoms with Crippen LogP contribution in [0.3, 0.4) is 0 Å². The summed E-state index contributed by atoms with van der Waals surface area (Å²) in [4.78, 5) is 11.6. The first-order chi connectivity index (χ1) is 13.5. The number of anilines is 2. The molecular weight excluding hydrogens is 392 g/mol. The van der Waals surface area contributed by atoms with Crippen LogP contribution >= 0.6 is 11.3 Å². The monoisotopic (exact) mass is 414 g/mol. The Kier molecular flexibility index (Phi) is 5.32. The summed E-state index contributed by atoms with van der Waals surface area (Å²) >= 11 is 1.58. The molecule has 0 spiro atoms. The number of benzene rings is 1. The molecule has 3 aromatic rings. The van der Waals surface area contributed by atoms with Crippen molar-refractivity contribution in [1.82, 2.24) is 9.97 Å². The number of thiazole rings is 1. The zero-order valence-corrected chi connectivity index (χ0v) is 17.3. The normalized spacial score (nSPS) is 14.8. The zero-order chi connectivity index (χ0) is 19.6. The standard InChI is InChI=1S/C20H22N4O2S2/c1-28(25,26)23-17-7-5-6-15(12-17)18-14-27-20(22-18)16-8-9-21-19(13-16)24-10-3-2-4-11-24/h5-9,12-14,23H,2-4,10-11H2,1H3. The van der Waals surface area contributed by atoms with Crippen molar-refractivity contribution >= 4 is 32.9 Å². The van der Waals surface area contributed by atoms with Gasteiger partial charge >= 0.3 is 0 Å². The van der Waals surface area contributed by atoms with Crippen molar-refractivity contribution < 1.29 is 8.42 Å². The van der Waals surface area contributed by atoms with Gasteiger partial charge in [0.05, 0.1) is 11.9 Å². The molecule has 1 aliphatic rings. The molecule has 3 heterocycles. The van der Waals surface area contributed by atoms with Crippen LogP contribution in [0.25, 0.3) is 21.8 Å². The Morgan fingerprint density at radius 2 is 1.89 bits per heavy atom. The summed E-state index contributed by atoms with van der Waals surface area (Å²) in [6, 6.07) is 11.4. The van der Waals surface area contributed by atoms with Crippen LogP contribution < -0.4 is 9.62 Å². The van der Waals surface area contributed by atoms with Gasteiger partial charge in [0.25, 0.3) is 0 Å². The van der Waals surface area contributed by atoms with Crippen LogP contribution in [0.1, 0.15) is 19.3 Å². The lowest BCUT2D eigenvalue weighted by molar-refractivity contribution is 0.573. The van der Waals surface area contributed by atoms with E-state index in [0.29, 0.717) is 5.69 Å². The van der Waals surface area contributed by atoms with E-state index >= 15 is 0 Å². The van der Waals surface area contributed by atoms with Gasteiger partial charge in [0.1, 0.15) is 10.8 Å². The number of piperidine rings is 1. The van der Waals surface area contributed by atoms with Gasteiger partial charge in [-0.15, -0.1) is 11.3 Å². The summed E-state index contributed by atoms with van der Waals surface area (Å²) in [6.45, 7) is 2.11. The first-order valence-electron chi connectivity index (χ1n) is 9.23. The van der Waals surface area contributed by atoms with E-state index in [1.165, 1.54) is 19.3 Å². The second-order valence-corrected chi connectivity index (χ2v) is 9.55. The van der Waals surface area contributed by atoms with Crippen LogP contribution in [0.2, 0.25) is 0 Å². The molecule has 146 valence electrons. The number of pyridine rings is 1. The molecule has 1 N–H and O–H groups in total. The molecule has 0 bridgehead atoms. The van der Waals surface area contributed by atoms with E-state index in [0.717, 1.165) is 47.0 Å². The van der Waals surface area contributed by atoms with Crippen molar-refractivity contribution in [1.29, 1.82) is 0 Å². The fraction of sp³-hybridized carbons (Fsp3) is 0.300. The summed E-state index contributed by atoms with van der Waals surface area (Å²) in [5.74, 6) is 1.01. The molecule has 2 aromatic heterocycles. The maximum atomic E-state index is 11.5. The second-order valence-electron chi connectivity index (χ2n) is 6.94. The molecule has 8 heteroatoms. The quantitative estimate of drug-likeness (QED) is 0.676. The smallest absolute Gasteiger partial charge is 0.229 e. The van der Waals surface area contributed by atoms with E-state index in [1.807, 2.05) is 29.8 Å².